The lowest BCUT2D eigenvalue weighted by Crippen LogP contribution is -2.37. The summed E-state index contributed by atoms with van der Waals surface area (Å²) < 4.78 is 15.6. The van der Waals surface area contributed by atoms with Crippen molar-refractivity contribution in [3.63, 3.8) is 0 Å². The molecule has 0 saturated carbocycles. The predicted molar refractivity (Wildman–Crippen MR) is 113 cm³/mol. The highest BCUT2D eigenvalue weighted by Gasteiger charge is 2.42. The highest BCUT2D eigenvalue weighted by Crippen LogP contribution is 2.29. The van der Waals surface area contributed by atoms with Crippen molar-refractivity contribution in [3.8, 4) is 17.5 Å². The van der Waals surface area contributed by atoms with Crippen LogP contribution in [0.1, 0.15) is 35.0 Å². The molecule has 1 aliphatic rings. The van der Waals surface area contributed by atoms with Gasteiger partial charge in [-0.3, -0.25) is 14.2 Å². The van der Waals surface area contributed by atoms with Crippen molar-refractivity contribution in [1.29, 1.82) is 0 Å². The lowest BCUT2D eigenvalue weighted by molar-refractivity contribution is -0.137. The van der Waals surface area contributed by atoms with Crippen LogP contribution >= 0.6 is 0 Å². The zero-order valence-electron chi connectivity index (χ0n) is 17.1. The first-order valence-corrected chi connectivity index (χ1v) is 9.85. The van der Waals surface area contributed by atoms with Crippen LogP contribution in [0.15, 0.2) is 36.5 Å². The van der Waals surface area contributed by atoms with E-state index < -0.39 is 23.2 Å². The van der Waals surface area contributed by atoms with Crippen molar-refractivity contribution in [3.05, 3.63) is 59.2 Å². The van der Waals surface area contributed by atoms with Crippen LogP contribution in [0.2, 0.25) is 0 Å². The van der Waals surface area contributed by atoms with Crippen molar-refractivity contribution in [2.45, 2.75) is 25.4 Å². The van der Waals surface area contributed by atoms with Crippen LogP contribution in [-0.2, 0) is 11.2 Å². The SMILES string of the molecule is CCc1c(C(N)=O)c2cc(F)cnc2n1-c1cccc(C#C[C@]2(O)CCN(C)C2=O)c1. The molecule has 0 aliphatic carbocycles. The fourth-order valence-corrected chi connectivity index (χ4v) is 3.95. The second-order valence-electron chi connectivity index (χ2n) is 7.54. The molecular formula is C23H21FN4O3. The summed E-state index contributed by atoms with van der Waals surface area (Å²) >= 11 is 0. The lowest BCUT2D eigenvalue weighted by atomic mass is 10.0. The van der Waals surface area contributed by atoms with Crippen LogP contribution < -0.4 is 5.73 Å². The number of primary amides is 1. The van der Waals surface area contributed by atoms with E-state index in [2.05, 4.69) is 16.8 Å². The molecule has 8 heteroatoms. The number of carbonyl (C=O) groups is 2. The number of likely N-dealkylation sites (N-methyl/N-ethyl adjacent to an activating group) is 1. The van der Waals surface area contributed by atoms with Gasteiger partial charge in [0.25, 0.3) is 11.8 Å². The number of rotatable bonds is 3. The monoisotopic (exact) mass is 420 g/mol. The number of benzene rings is 1. The zero-order valence-corrected chi connectivity index (χ0v) is 17.1. The molecule has 1 atom stereocenters. The van der Waals surface area contributed by atoms with Crippen LogP contribution in [0, 0.1) is 17.7 Å². The number of fused-ring (bicyclic) bond motifs is 1. The molecule has 0 spiro atoms. The summed E-state index contributed by atoms with van der Waals surface area (Å²) in [5.74, 6) is 3.94. The molecule has 3 aromatic rings. The van der Waals surface area contributed by atoms with Gasteiger partial charge in [0.15, 0.2) is 0 Å². The number of pyridine rings is 1. The standard InChI is InChI=1S/C23H21FN4O3/c1-3-18-19(20(25)29)17-12-15(24)13-26-21(17)28(18)16-6-4-5-14(11-16)7-8-23(31)9-10-27(2)22(23)30/h4-6,11-13,31H,3,9-10H2,1-2H3,(H2,25,29)/t23-/m0/s1. The van der Waals surface area contributed by atoms with E-state index in [0.29, 0.717) is 40.9 Å². The minimum atomic E-state index is -1.70. The average molecular weight is 420 g/mol. The van der Waals surface area contributed by atoms with Gasteiger partial charge in [0.2, 0.25) is 5.60 Å². The Kier molecular flexibility index (Phi) is 4.99. The largest absolute Gasteiger partial charge is 0.369 e. The van der Waals surface area contributed by atoms with Gasteiger partial charge in [-0.15, -0.1) is 0 Å². The van der Waals surface area contributed by atoms with Gasteiger partial charge >= 0.3 is 0 Å². The molecular weight excluding hydrogens is 399 g/mol. The van der Waals surface area contributed by atoms with Crippen molar-refractivity contribution < 1.29 is 19.1 Å². The maximum Gasteiger partial charge on any atom is 0.267 e. The first-order valence-electron chi connectivity index (χ1n) is 9.85. The number of likely N-dealkylation sites (tertiary alicyclic amines) is 1. The molecule has 0 bridgehead atoms. The second kappa shape index (κ2) is 7.52. The fourth-order valence-electron chi connectivity index (χ4n) is 3.95. The van der Waals surface area contributed by atoms with Crippen LogP contribution in [0.3, 0.4) is 0 Å². The molecule has 0 unspecified atom stereocenters. The Bertz CT molecular complexity index is 1290. The number of halogens is 1. The molecule has 3 heterocycles. The number of hydrogen-bond donors (Lipinski definition) is 2. The number of aliphatic hydroxyl groups is 1. The van der Waals surface area contributed by atoms with Crippen LogP contribution in [-0.4, -0.2) is 50.6 Å². The summed E-state index contributed by atoms with van der Waals surface area (Å²) in [5, 5.41) is 10.9. The van der Waals surface area contributed by atoms with E-state index in [-0.39, 0.29) is 12.0 Å². The molecule has 158 valence electrons. The maximum atomic E-state index is 13.8. The van der Waals surface area contributed by atoms with Gasteiger partial charge in [0.1, 0.15) is 11.5 Å². The van der Waals surface area contributed by atoms with Gasteiger partial charge in [-0.2, -0.15) is 0 Å². The number of amides is 2. The van der Waals surface area contributed by atoms with Crippen molar-refractivity contribution >= 4 is 22.8 Å². The molecule has 7 nitrogen and oxygen atoms in total. The van der Waals surface area contributed by atoms with Gasteiger partial charge in [0.05, 0.1) is 11.8 Å². The molecule has 1 saturated heterocycles. The molecule has 1 aromatic carbocycles. The summed E-state index contributed by atoms with van der Waals surface area (Å²) in [6.45, 7) is 2.31. The molecule has 1 aliphatic heterocycles. The topological polar surface area (TPSA) is 101 Å². The molecule has 4 rings (SSSR count). The number of nitrogens with zero attached hydrogens (tertiary/aromatic N) is 3. The van der Waals surface area contributed by atoms with E-state index in [1.165, 1.54) is 11.0 Å². The minimum absolute atomic E-state index is 0.231. The van der Waals surface area contributed by atoms with Crippen molar-refractivity contribution in [2.24, 2.45) is 5.73 Å². The Morgan fingerprint density at radius 2 is 2.16 bits per heavy atom. The summed E-state index contributed by atoms with van der Waals surface area (Å²) in [6, 6.07) is 8.34. The smallest absolute Gasteiger partial charge is 0.267 e. The second-order valence-corrected chi connectivity index (χ2v) is 7.54. The third kappa shape index (κ3) is 3.43. The van der Waals surface area contributed by atoms with Crippen LogP contribution in [0.25, 0.3) is 16.7 Å². The van der Waals surface area contributed by atoms with Gasteiger partial charge in [-0.1, -0.05) is 24.8 Å². The maximum absolute atomic E-state index is 13.8. The van der Waals surface area contributed by atoms with Crippen molar-refractivity contribution in [2.75, 3.05) is 13.6 Å². The Morgan fingerprint density at radius 3 is 2.81 bits per heavy atom. The van der Waals surface area contributed by atoms with Gasteiger partial charge in [-0.25, -0.2) is 9.37 Å². The Labute approximate surface area is 178 Å². The predicted octanol–water partition coefficient (Wildman–Crippen LogP) is 1.77. The number of hydrogen-bond acceptors (Lipinski definition) is 4. The number of carbonyl (C=O) groups excluding carboxylic acids is 2. The van der Waals surface area contributed by atoms with E-state index in [1.54, 1.807) is 29.8 Å². The van der Waals surface area contributed by atoms with Crippen LogP contribution in [0.4, 0.5) is 4.39 Å². The van der Waals surface area contributed by atoms with E-state index in [0.717, 1.165) is 6.20 Å². The van der Waals surface area contributed by atoms with E-state index in [4.69, 9.17) is 5.73 Å². The molecule has 2 amide bonds. The Balaban J connectivity index is 1.85. The van der Waals surface area contributed by atoms with E-state index >= 15 is 0 Å². The first kappa shape index (κ1) is 20.6. The third-order valence-electron chi connectivity index (χ3n) is 5.48. The van der Waals surface area contributed by atoms with Gasteiger partial charge in [-0.05, 0) is 30.7 Å². The number of nitrogens with two attached hydrogens (primary N) is 1. The summed E-state index contributed by atoms with van der Waals surface area (Å²) in [7, 11) is 1.62. The molecule has 1 fully saturated rings. The molecule has 31 heavy (non-hydrogen) atoms. The Hall–Kier alpha value is -3.70. The van der Waals surface area contributed by atoms with Gasteiger partial charge in [0, 0.05) is 42.3 Å². The summed E-state index contributed by atoms with van der Waals surface area (Å²) in [6.07, 6.45) is 1.80. The highest BCUT2D eigenvalue weighted by molar-refractivity contribution is 6.07. The highest BCUT2D eigenvalue weighted by atomic mass is 19.1. The van der Waals surface area contributed by atoms with Gasteiger partial charge < -0.3 is 15.7 Å². The zero-order chi connectivity index (χ0) is 22.3. The van der Waals surface area contributed by atoms with E-state index in [9.17, 15) is 19.1 Å². The fraction of sp³-hybridized carbons (Fsp3) is 0.261. The average Bonchev–Trinajstić information content (AvgIpc) is 3.21. The summed E-state index contributed by atoms with van der Waals surface area (Å²) in [4.78, 5) is 29.9. The number of aromatic nitrogens is 2. The minimum Gasteiger partial charge on any atom is -0.369 e. The van der Waals surface area contributed by atoms with E-state index in [1.807, 2.05) is 13.0 Å². The Morgan fingerprint density at radius 1 is 1.39 bits per heavy atom. The summed E-state index contributed by atoms with van der Waals surface area (Å²) in [5.41, 5.74) is 6.37. The van der Waals surface area contributed by atoms with Crippen LogP contribution in [0.5, 0.6) is 0 Å². The third-order valence-corrected chi connectivity index (χ3v) is 5.48. The first-order chi connectivity index (χ1) is 14.7. The molecule has 3 N–H and O–H groups in total. The molecule has 2 aromatic heterocycles. The van der Waals surface area contributed by atoms with Crippen molar-refractivity contribution in [1.82, 2.24) is 14.5 Å². The molecule has 0 radical (unpaired) electrons. The normalized spacial score (nSPS) is 18.3. The quantitative estimate of drug-likeness (QED) is 0.631. The lowest BCUT2D eigenvalue weighted by Gasteiger charge is -2.13.